The van der Waals surface area contributed by atoms with Gasteiger partial charge in [0.25, 0.3) is 0 Å². The van der Waals surface area contributed by atoms with Crippen molar-refractivity contribution >= 4 is 0 Å². The van der Waals surface area contributed by atoms with Crippen LogP contribution < -0.4 is 5.73 Å². The van der Waals surface area contributed by atoms with E-state index in [1.807, 2.05) is 31.2 Å². The fourth-order valence-electron chi connectivity index (χ4n) is 2.85. The molecule has 1 aromatic carbocycles. The average Bonchev–Trinajstić information content (AvgIpc) is 2.93. The molecule has 0 spiro atoms. The zero-order valence-electron chi connectivity index (χ0n) is 12.1. The highest BCUT2D eigenvalue weighted by atomic mass is 16.5. The summed E-state index contributed by atoms with van der Waals surface area (Å²) >= 11 is 0. The third-order valence-electron chi connectivity index (χ3n) is 4.40. The Labute approximate surface area is 119 Å². The molecule has 2 N–H and O–H groups in total. The number of aromatic nitrogens is 2. The van der Waals surface area contributed by atoms with E-state index in [0.29, 0.717) is 11.7 Å². The molecule has 0 atom stereocenters. The zero-order chi connectivity index (χ0) is 14.2. The fraction of sp³-hybridized carbons (Fsp3) is 0.500. The minimum absolute atomic E-state index is 0.444. The van der Waals surface area contributed by atoms with Gasteiger partial charge in [-0.1, -0.05) is 36.3 Å². The lowest BCUT2D eigenvalue weighted by atomic mass is 9.78. The van der Waals surface area contributed by atoms with E-state index < -0.39 is 5.54 Å². The Bertz CT molecular complexity index is 597. The Balaban J connectivity index is 1.89. The summed E-state index contributed by atoms with van der Waals surface area (Å²) in [6.07, 6.45) is 4.09. The monoisotopic (exact) mass is 271 g/mol. The smallest absolute Gasteiger partial charge is 0.247 e. The lowest BCUT2D eigenvalue weighted by Crippen LogP contribution is -2.40. The lowest BCUT2D eigenvalue weighted by molar-refractivity contribution is 0.190. The van der Waals surface area contributed by atoms with Gasteiger partial charge < -0.3 is 10.3 Å². The minimum atomic E-state index is -0.444. The molecule has 1 aliphatic rings. The van der Waals surface area contributed by atoms with Crippen LogP contribution in [0, 0.1) is 12.8 Å². The Kier molecular flexibility index (Phi) is 3.34. The summed E-state index contributed by atoms with van der Waals surface area (Å²) in [5.74, 6) is 1.97. The summed E-state index contributed by atoms with van der Waals surface area (Å²) in [7, 11) is 0. The van der Waals surface area contributed by atoms with E-state index >= 15 is 0 Å². The highest BCUT2D eigenvalue weighted by Gasteiger charge is 2.37. The maximum absolute atomic E-state index is 6.48. The van der Waals surface area contributed by atoms with E-state index in [1.54, 1.807) is 0 Å². The number of nitrogens with two attached hydrogens (primary N) is 1. The predicted molar refractivity (Wildman–Crippen MR) is 78.0 cm³/mol. The molecule has 1 heterocycles. The van der Waals surface area contributed by atoms with Gasteiger partial charge in [0.05, 0.1) is 5.54 Å². The van der Waals surface area contributed by atoms with Gasteiger partial charge in [0.2, 0.25) is 11.7 Å². The molecule has 1 aliphatic carbocycles. The number of hydrogen-bond acceptors (Lipinski definition) is 4. The van der Waals surface area contributed by atoms with Crippen molar-refractivity contribution in [2.75, 3.05) is 0 Å². The first kappa shape index (κ1) is 13.3. The van der Waals surface area contributed by atoms with Crippen molar-refractivity contribution in [3.63, 3.8) is 0 Å². The molecular formula is C16H21N3O. The molecule has 0 radical (unpaired) electrons. The maximum atomic E-state index is 6.48. The summed E-state index contributed by atoms with van der Waals surface area (Å²) in [5, 5.41) is 4.12. The Morgan fingerprint density at radius 3 is 2.65 bits per heavy atom. The van der Waals surface area contributed by atoms with Crippen molar-refractivity contribution in [1.29, 1.82) is 0 Å². The first-order valence-electron chi connectivity index (χ1n) is 7.27. The topological polar surface area (TPSA) is 64.9 Å². The lowest BCUT2D eigenvalue weighted by Gasteiger charge is -2.32. The quantitative estimate of drug-likeness (QED) is 0.909. The molecular weight excluding hydrogens is 250 g/mol. The zero-order valence-corrected chi connectivity index (χ0v) is 12.1. The van der Waals surface area contributed by atoms with E-state index in [4.69, 9.17) is 10.3 Å². The molecule has 4 heteroatoms. The summed E-state index contributed by atoms with van der Waals surface area (Å²) in [5.41, 5.74) is 8.18. The van der Waals surface area contributed by atoms with Crippen LogP contribution in [-0.4, -0.2) is 10.1 Å². The maximum Gasteiger partial charge on any atom is 0.247 e. The SMILES string of the molecule is Cc1ccccc1-c1noc(C2(N)CCC(C)CC2)n1. The van der Waals surface area contributed by atoms with Crippen molar-refractivity contribution in [2.24, 2.45) is 11.7 Å². The van der Waals surface area contributed by atoms with E-state index in [2.05, 4.69) is 17.1 Å². The Morgan fingerprint density at radius 2 is 1.95 bits per heavy atom. The number of aryl methyl sites for hydroxylation is 1. The highest BCUT2D eigenvalue weighted by molar-refractivity contribution is 5.59. The van der Waals surface area contributed by atoms with Crippen molar-refractivity contribution in [3.8, 4) is 11.4 Å². The van der Waals surface area contributed by atoms with Crippen molar-refractivity contribution in [3.05, 3.63) is 35.7 Å². The predicted octanol–water partition coefficient (Wildman–Crippen LogP) is 3.41. The fourth-order valence-corrected chi connectivity index (χ4v) is 2.85. The molecule has 2 aromatic rings. The van der Waals surface area contributed by atoms with Crippen LogP contribution in [0.4, 0.5) is 0 Å². The molecule has 20 heavy (non-hydrogen) atoms. The first-order chi connectivity index (χ1) is 9.58. The molecule has 0 saturated heterocycles. The normalized spacial score (nSPS) is 26.6. The number of nitrogens with zero attached hydrogens (tertiary/aromatic N) is 2. The molecule has 0 bridgehead atoms. The van der Waals surface area contributed by atoms with Gasteiger partial charge in [-0.15, -0.1) is 0 Å². The van der Waals surface area contributed by atoms with E-state index in [9.17, 15) is 0 Å². The van der Waals surface area contributed by atoms with Crippen LogP contribution in [0.1, 0.15) is 44.1 Å². The molecule has 1 fully saturated rings. The molecule has 0 aliphatic heterocycles. The van der Waals surface area contributed by atoms with Gasteiger partial charge in [0.1, 0.15) is 0 Å². The average molecular weight is 271 g/mol. The second-order valence-corrected chi connectivity index (χ2v) is 6.08. The second-order valence-electron chi connectivity index (χ2n) is 6.08. The Hall–Kier alpha value is -1.68. The molecule has 4 nitrogen and oxygen atoms in total. The van der Waals surface area contributed by atoms with Crippen LogP contribution in [0.15, 0.2) is 28.8 Å². The molecule has 1 aromatic heterocycles. The van der Waals surface area contributed by atoms with Crippen molar-refractivity contribution in [2.45, 2.75) is 45.1 Å². The van der Waals surface area contributed by atoms with Gasteiger partial charge in [0.15, 0.2) is 0 Å². The first-order valence-corrected chi connectivity index (χ1v) is 7.27. The number of rotatable bonds is 2. The summed E-state index contributed by atoms with van der Waals surface area (Å²) in [4.78, 5) is 4.56. The summed E-state index contributed by atoms with van der Waals surface area (Å²) in [6.45, 7) is 4.32. The van der Waals surface area contributed by atoms with Crippen LogP contribution in [0.2, 0.25) is 0 Å². The standard InChI is InChI=1S/C16H21N3O/c1-11-7-9-16(17,10-8-11)15-18-14(19-20-15)13-6-4-3-5-12(13)2/h3-6,11H,7-10,17H2,1-2H3. The van der Waals surface area contributed by atoms with Gasteiger partial charge >= 0.3 is 0 Å². The van der Waals surface area contributed by atoms with E-state index in [0.717, 1.165) is 42.7 Å². The van der Waals surface area contributed by atoms with Crippen molar-refractivity contribution in [1.82, 2.24) is 10.1 Å². The summed E-state index contributed by atoms with van der Waals surface area (Å²) < 4.78 is 5.47. The number of benzene rings is 1. The van der Waals surface area contributed by atoms with Gasteiger partial charge in [-0.05, 0) is 44.1 Å². The Morgan fingerprint density at radius 1 is 1.25 bits per heavy atom. The summed E-state index contributed by atoms with van der Waals surface area (Å²) in [6, 6.07) is 8.05. The minimum Gasteiger partial charge on any atom is -0.337 e. The van der Waals surface area contributed by atoms with Crippen molar-refractivity contribution < 1.29 is 4.52 Å². The molecule has 0 unspecified atom stereocenters. The largest absolute Gasteiger partial charge is 0.337 e. The van der Waals surface area contributed by atoms with E-state index in [-0.39, 0.29) is 0 Å². The molecule has 3 rings (SSSR count). The van der Waals surface area contributed by atoms with Gasteiger partial charge in [-0.25, -0.2) is 0 Å². The molecule has 1 saturated carbocycles. The third-order valence-corrected chi connectivity index (χ3v) is 4.40. The van der Waals surface area contributed by atoms with Crippen LogP contribution in [-0.2, 0) is 5.54 Å². The molecule has 0 amide bonds. The second kappa shape index (κ2) is 5.02. The van der Waals surface area contributed by atoms with E-state index in [1.165, 1.54) is 0 Å². The van der Waals surface area contributed by atoms with Gasteiger partial charge in [-0.2, -0.15) is 4.98 Å². The highest BCUT2D eigenvalue weighted by Crippen LogP contribution is 2.37. The van der Waals surface area contributed by atoms with Crippen LogP contribution in [0.25, 0.3) is 11.4 Å². The number of hydrogen-bond donors (Lipinski definition) is 1. The van der Waals surface area contributed by atoms with Gasteiger partial charge in [0, 0.05) is 5.56 Å². The van der Waals surface area contributed by atoms with Gasteiger partial charge in [-0.3, -0.25) is 0 Å². The van der Waals surface area contributed by atoms with Crippen LogP contribution in [0.3, 0.4) is 0 Å². The van der Waals surface area contributed by atoms with Crippen LogP contribution >= 0.6 is 0 Å². The third kappa shape index (κ3) is 2.36. The molecule has 106 valence electrons. The van der Waals surface area contributed by atoms with Crippen LogP contribution in [0.5, 0.6) is 0 Å².